The number of unbranched alkanes of at least 4 members (excludes halogenated alkanes) is 22. The molecule has 0 bridgehead atoms. The van der Waals surface area contributed by atoms with Gasteiger partial charge in [0.15, 0.2) is 6.10 Å². The first-order valence-corrected chi connectivity index (χ1v) is 25.4. The van der Waals surface area contributed by atoms with Gasteiger partial charge in [0.2, 0.25) is 0 Å². The number of hydrogen-bond donors (Lipinski definition) is 0. The van der Waals surface area contributed by atoms with Gasteiger partial charge in [-0.2, -0.15) is 0 Å². The lowest BCUT2D eigenvalue weighted by Gasteiger charge is -2.18. The maximum absolute atomic E-state index is 12.8. The first-order chi connectivity index (χ1) is 30.0. The summed E-state index contributed by atoms with van der Waals surface area (Å²) < 4.78 is 16.7. The van der Waals surface area contributed by atoms with Gasteiger partial charge in [-0.3, -0.25) is 14.4 Å². The van der Waals surface area contributed by atoms with E-state index in [1.165, 1.54) is 103 Å². The molecule has 0 aromatic heterocycles. The third-order valence-corrected chi connectivity index (χ3v) is 10.7. The lowest BCUT2D eigenvalue weighted by Crippen LogP contribution is -2.30. The van der Waals surface area contributed by atoms with Crippen LogP contribution in [-0.2, 0) is 28.6 Å². The molecule has 6 heteroatoms. The number of rotatable bonds is 45. The van der Waals surface area contributed by atoms with Gasteiger partial charge in [-0.05, 0) is 83.5 Å². The first kappa shape index (κ1) is 57.9. The van der Waals surface area contributed by atoms with Crippen molar-refractivity contribution in [2.75, 3.05) is 13.2 Å². The van der Waals surface area contributed by atoms with E-state index in [4.69, 9.17) is 14.2 Å². The lowest BCUT2D eigenvalue weighted by atomic mass is 10.0. The van der Waals surface area contributed by atoms with Crippen LogP contribution in [0.3, 0.4) is 0 Å². The smallest absolute Gasteiger partial charge is 0.306 e. The van der Waals surface area contributed by atoms with Crippen LogP contribution < -0.4 is 0 Å². The van der Waals surface area contributed by atoms with Crippen LogP contribution in [0.15, 0.2) is 72.9 Å². The van der Waals surface area contributed by atoms with Gasteiger partial charge in [-0.25, -0.2) is 0 Å². The lowest BCUT2D eigenvalue weighted by molar-refractivity contribution is -0.167. The van der Waals surface area contributed by atoms with E-state index in [0.29, 0.717) is 19.3 Å². The highest BCUT2D eigenvalue weighted by Crippen LogP contribution is 2.14. The molecule has 0 unspecified atom stereocenters. The molecule has 350 valence electrons. The van der Waals surface area contributed by atoms with Gasteiger partial charge in [0, 0.05) is 19.3 Å². The van der Waals surface area contributed by atoms with Gasteiger partial charge in [0.25, 0.3) is 0 Å². The van der Waals surface area contributed by atoms with E-state index in [-0.39, 0.29) is 37.5 Å². The van der Waals surface area contributed by atoms with Crippen LogP contribution in [-0.4, -0.2) is 37.2 Å². The SMILES string of the molecule is CC/C=C\C/C=C\C/C=C\C/C=C\C/C=C\CCCC(=O)OC[C@H](COC(=O)CCCCCCCCCCCCCCC)OC(=O)CCCCCCC/C=C\CCCCCC. The number of hydrogen-bond acceptors (Lipinski definition) is 6. The van der Waals surface area contributed by atoms with E-state index in [0.717, 1.165) is 89.9 Å². The Balaban J connectivity index is 4.47. The molecule has 0 aliphatic rings. The zero-order valence-corrected chi connectivity index (χ0v) is 39.9. The Hall–Kier alpha value is -3.15. The third kappa shape index (κ3) is 47.7. The standard InChI is InChI=1S/C55H94O6/c1-4-7-10-13-16-19-22-25-26-27-28-31-33-36-39-42-45-48-54(57)60-51-52(61-55(58)49-46-43-40-37-34-30-24-21-18-15-12-9-6-3)50-59-53(56)47-44-41-38-35-32-29-23-20-17-14-11-8-5-2/h7,10,16,19,21,24-26,28,31,36,39,52H,4-6,8-9,11-15,17-18,20,22-23,27,29-30,32-35,37-38,40-51H2,1-3H3/b10-7-,19-16-,24-21-,26-25-,31-28-,39-36-/t52-/m0/s1. The molecule has 0 fully saturated rings. The summed E-state index contributed by atoms with van der Waals surface area (Å²) in [5.74, 6) is -0.963. The van der Waals surface area contributed by atoms with Crippen molar-refractivity contribution < 1.29 is 28.6 Å². The highest BCUT2D eigenvalue weighted by molar-refractivity contribution is 5.71. The first-order valence-electron chi connectivity index (χ1n) is 25.4. The van der Waals surface area contributed by atoms with Crippen molar-refractivity contribution in [2.24, 2.45) is 0 Å². The van der Waals surface area contributed by atoms with Crippen molar-refractivity contribution in [3.05, 3.63) is 72.9 Å². The van der Waals surface area contributed by atoms with Crippen LogP contribution in [0.4, 0.5) is 0 Å². The van der Waals surface area contributed by atoms with Crippen molar-refractivity contribution in [1.29, 1.82) is 0 Å². The number of carbonyl (C=O) groups is 3. The molecule has 61 heavy (non-hydrogen) atoms. The number of esters is 3. The third-order valence-electron chi connectivity index (χ3n) is 10.7. The minimum atomic E-state index is -0.799. The molecule has 0 heterocycles. The van der Waals surface area contributed by atoms with E-state index in [1.54, 1.807) is 0 Å². The molecule has 0 aliphatic carbocycles. The van der Waals surface area contributed by atoms with Crippen molar-refractivity contribution in [1.82, 2.24) is 0 Å². The summed E-state index contributed by atoms with van der Waals surface area (Å²) in [7, 11) is 0. The van der Waals surface area contributed by atoms with Gasteiger partial charge < -0.3 is 14.2 Å². The molecule has 0 aliphatic heterocycles. The summed E-state index contributed by atoms with van der Waals surface area (Å²) in [6.45, 7) is 6.45. The largest absolute Gasteiger partial charge is 0.462 e. The number of carbonyl (C=O) groups excluding carboxylic acids is 3. The Morgan fingerprint density at radius 2 is 0.656 bits per heavy atom. The van der Waals surface area contributed by atoms with Crippen LogP contribution in [0, 0.1) is 0 Å². The summed E-state index contributed by atoms with van der Waals surface area (Å²) >= 11 is 0. The van der Waals surface area contributed by atoms with Gasteiger partial charge in [-0.1, -0.05) is 209 Å². The maximum atomic E-state index is 12.8. The molecule has 0 saturated heterocycles. The van der Waals surface area contributed by atoms with Crippen molar-refractivity contribution >= 4 is 17.9 Å². The average Bonchev–Trinajstić information content (AvgIpc) is 3.26. The fourth-order valence-electron chi connectivity index (χ4n) is 6.88. The van der Waals surface area contributed by atoms with Gasteiger partial charge in [-0.15, -0.1) is 0 Å². The van der Waals surface area contributed by atoms with Crippen LogP contribution in [0.25, 0.3) is 0 Å². The van der Waals surface area contributed by atoms with Crippen LogP contribution >= 0.6 is 0 Å². The highest BCUT2D eigenvalue weighted by Gasteiger charge is 2.19. The predicted molar refractivity (Wildman–Crippen MR) is 261 cm³/mol. The Kier molecular flexibility index (Phi) is 46.9. The van der Waals surface area contributed by atoms with Crippen LogP contribution in [0.5, 0.6) is 0 Å². The molecule has 0 radical (unpaired) electrons. The second-order valence-corrected chi connectivity index (χ2v) is 16.7. The highest BCUT2D eigenvalue weighted by atomic mass is 16.6. The Bertz CT molecular complexity index is 1160. The van der Waals surface area contributed by atoms with Crippen LogP contribution in [0.2, 0.25) is 0 Å². The van der Waals surface area contributed by atoms with E-state index in [9.17, 15) is 14.4 Å². The molecule has 0 aromatic rings. The molecule has 0 spiro atoms. The zero-order chi connectivity index (χ0) is 44.4. The minimum Gasteiger partial charge on any atom is -0.462 e. The molecular formula is C55H94O6. The Labute approximate surface area is 376 Å². The Morgan fingerprint density at radius 3 is 1.10 bits per heavy atom. The van der Waals surface area contributed by atoms with E-state index in [1.807, 2.05) is 0 Å². The summed E-state index contributed by atoms with van der Waals surface area (Å²) in [5.41, 5.74) is 0. The quantitative estimate of drug-likeness (QED) is 0.0263. The van der Waals surface area contributed by atoms with Crippen LogP contribution in [0.1, 0.15) is 239 Å². The van der Waals surface area contributed by atoms with E-state index >= 15 is 0 Å². The number of ether oxygens (including phenoxy) is 3. The molecule has 0 rings (SSSR count). The second kappa shape index (κ2) is 49.5. The fourth-order valence-corrected chi connectivity index (χ4v) is 6.88. The maximum Gasteiger partial charge on any atom is 0.306 e. The molecule has 0 N–H and O–H groups in total. The summed E-state index contributed by atoms with van der Waals surface area (Å²) in [5, 5.41) is 0. The van der Waals surface area contributed by atoms with Crippen molar-refractivity contribution in [2.45, 2.75) is 245 Å². The minimum absolute atomic E-state index is 0.0948. The molecule has 1 atom stereocenters. The molecule has 0 amide bonds. The van der Waals surface area contributed by atoms with Crippen molar-refractivity contribution in [3.63, 3.8) is 0 Å². The predicted octanol–water partition coefficient (Wildman–Crippen LogP) is 16.6. The topological polar surface area (TPSA) is 78.9 Å². The van der Waals surface area contributed by atoms with E-state index < -0.39 is 6.10 Å². The van der Waals surface area contributed by atoms with Gasteiger partial charge in [0.1, 0.15) is 13.2 Å². The van der Waals surface area contributed by atoms with Gasteiger partial charge >= 0.3 is 17.9 Å². The zero-order valence-electron chi connectivity index (χ0n) is 39.9. The second-order valence-electron chi connectivity index (χ2n) is 16.7. The summed E-state index contributed by atoms with van der Waals surface area (Å²) in [6, 6.07) is 0. The number of allylic oxidation sites excluding steroid dienone is 12. The van der Waals surface area contributed by atoms with E-state index in [2.05, 4.69) is 93.7 Å². The summed E-state index contributed by atoms with van der Waals surface area (Å²) in [4.78, 5) is 37.9. The molecule has 0 saturated carbocycles. The van der Waals surface area contributed by atoms with Crippen molar-refractivity contribution in [3.8, 4) is 0 Å². The fraction of sp³-hybridized carbons (Fsp3) is 0.727. The summed E-state index contributed by atoms with van der Waals surface area (Å²) in [6.07, 6.45) is 61.7. The molecule has 0 aromatic carbocycles. The monoisotopic (exact) mass is 851 g/mol. The van der Waals surface area contributed by atoms with Gasteiger partial charge in [0.05, 0.1) is 0 Å². The Morgan fingerprint density at radius 1 is 0.344 bits per heavy atom. The average molecular weight is 851 g/mol. The molecule has 6 nitrogen and oxygen atoms in total. The molecular weight excluding hydrogens is 757 g/mol. The normalized spacial score (nSPS) is 12.6.